The van der Waals surface area contributed by atoms with Crippen LogP contribution in [0.3, 0.4) is 0 Å². The van der Waals surface area contributed by atoms with E-state index in [0.29, 0.717) is 0 Å². The molecular formula is C13H16N4. The second-order valence-electron chi connectivity index (χ2n) is 3.82. The number of aryl methyl sites for hydroxylation is 1. The van der Waals surface area contributed by atoms with Gasteiger partial charge in [0.1, 0.15) is 6.33 Å². The van der Waals surface area contributed by atoms with Crippen LogP contribution in [0.1, 0.15) is 29.7 Å². The molecule has 2 aromatic heterocycles. The van der Waals surface area contributed by atoms with Crippen LogP contribution in [0.5, 0.6) is 0 Å². The second kappa shape index (κ2) is 5.50. The quantitative estimate of drug-likeness (QED) is 0.866. The number of hydrogen-bond acceptors (Lipinski definition) is 4. The molecule has 0 aliphatic heterocycles. The molecule has 2 rings (SSSR count). The monoisotopic (exact) mass is 228 g/mol. The summed E-state index contributed by atoms with van der Waals surface area (Å²) in [6, 6.07) is 2.17. The van der Waals surface area contributed by atoms with Crippen molar-refractivity contribution in [1.82, 2.24) is 20.3 Å². The number of nitrogens with zero attached hydrogens (tertiary/aromatic N) is 3. The molecule has 0 bridgehead atoms. The highest BCUT2D eigenvalue weighted by Crippen LogP contribution is 2.23. The molecule has 0 saturated carbocycles. The Morgan fingerprint density at radius 3 is 2.59 bits per heavy atom. The Morgan fingerprint density at radius 2 is 1.94 bits per heavy atom. The standard InChI is InChI=1S/C13H16N4/c1-3-10-6-15-5-4-12(10)13(14-2)11-7-16-9-17-8-11/h4-9,13-14H,3H2,1-2H3. The first-order valence-electron chi connectivity index (χ1n) is 5.71. The minimum atomic E-state index is 0.120. The average Bonchev–Trinajstić information content (AvgIpc) is 2.41. The fraction of sp³-hybridized carbons (Fsp3) is 0.308. The van der Waals surface area contributed by atoms with Gasteiger partial charge in [0, 0.05) is 30.4 Å². The van der Waals surface area contributed by atoms with Gasteiger partial charge in [-0.15, -0.1) is 0 Å². The van der Waals surface area contributed by atoms with Crippen LogP contribution in [0.15, 0.2) is 37.2 Å². The lowest BCUT2D eigenvalue weighted by Crippen LogP contribution is -2.19. The first kappa shape index (κ1) is 11.7. The summed E-state index contributed by atoms with van der Waals surface area (Å²) in [6.45, 7) is 2.13. The lowest BCUT2D eigenvalue weighted by Gasteiger charge is -2.18. The summed E-state index contributed by atoms with van der Waals surface area (Å²) < 4.78 is 0. The van der Waals surface area contributed by atoms with Gasteiger partial charge in [-0.2, -0.15) is 0 Å². The molecule has 0 fully saturated rings. The third-order valence-electron chi connectivity index (χ3n) is 2.84. The van der Waals surface area contributed by atoms with Crippen molar-refractivity contribution in [3.63, 3.8) is 0 Å². The van der Waals surface area contributed by atoms with E-state index in [1.165, 1.54) is 11.1 Å². The van der Waals surface area contributed by atoms with Gasteiger partial charge in [-0.25, -0.2) is 9.97 Å². The normalized spacial score (nSPS) is 12.4. The van der Waals surface area contributed by atoms with Crippen LogP contribution >= 0.6 is 0 Å². The Labute approximate surface area is 101 Å². The van der Waals surface area contributed by atoms with Gasteiger partial charge in [0.2, 0.25) is 0 Å². The van der Waals surface area contributed by atoms with E-state index in [2.05, 4.69) is 27.2 Å². The number of aromatic nitrogens is 3. The van der Waals surface area contributed by atoms with Gasteiger partial charge >= 0.3 is 0 Å². The lowest BCUT2D eigenvalue weighted by atomic mass is 9.97. The number of nitrogens with one attached hydrogen (secondary N) is 1. The smallest absolute Gasteiger partial charge is 0.115 e. The average molecular weight is 228 g/mol. The van der Waals surface area contributed by atoms with Crippen LogP contribution < -0.4 is 5.32 Å². The summed E-state index contributed by atoms with van der Waals surface area (Å²) in [5.74, 6) is 0. The van der Waals surface area contributed by atoms with E-state index in [1.807, 2.05) is 37.9 Å². The van der Waals surface area contributed by atoms with Crippen molar-refractivity contribution < 1.29 is 0 Å². The third-order valence-corrected chi connectivity index (χ3v) is 2.84. The molecule has 0 radical (unpaired) electrons. The molecule has 0 aliphatic carbocycles. The fourth-order valence-corrected chi connectivity index (χ4v) is 1.98. The summed E-state index contributed by atoms with van der Waals surface area (Å²) in [6.07, 6.45) is 9.94. The summed E-state index contributed by atoms with van der Waals surface area (Å²) in [4.78, 5) is 12.3. The highest BCUT2D eigenvalue weighted by atomic mass is 14.9. The summed E-state index contributed by atoms with van der Waals surface area (Å²) in [5, 5.41) is 3.30. The maximum Gasteiger partial charge on any atom is 0.115 e. The van der Waals surface area contributed by atoms with Crippen molar-refractivity contribution in [2.45, 2.75) is 19.4 Å². The van der Waals surface area contributed by atoms with Gasteiger partial charge in [0.25, 0.3) is 0 Å². The molecule has 0 spiro atoms. The number of rotatable bonds is 4. The molecule has 0 aromatic carbocycles. The molecule has 17 heavy (non-hydrogen) atoms. The molecule has 0 aliphatic rings. The molecule has 1 N–H and O–H groups in total. The van der Waals surface area contributed by atoms with Gasteiger partial charge in [0.15, 0.2) is 0 Å². The first-order chi connectivity index (χ1) is 8.36. The lowest BCUT2D eigenvalue weighted by molar-refractivity contribution is 0.675. The molecule has 4 nitrogen and oxygen atoms in total. The molecule has 0 amide bonds. The van der Waals surface area contributed by atoms with Crippen molar-refractivity contribution in [3.8, 4) is 0 Å². The van der Waals surface area contributed by atoms with Gasteiger partial charge in [-0.3, -0.25) is 4.98 Å². The molecule has 2 heterocycles. The third kappa shape index (κ3) is 2.47. The van der Waals surface area contributed by atoms with Gasteiger partial charge in [-0.1, -0.05) is 6.92 Å². The minimum Gasteiger partial charge on any atom is -0.309 e. The Kier molecular flexibility index (Phi) is 3.77. The van der Waals surface area contributed by atoms with Crippen LogP contribution in [0.4, 0.5) is 0 Å². The first-order valence-corrected chi connectivity index (χ1v) is 5.71. The number of hydrogen-bond donors (Lipinski definition) is 1. The van der Waals surface area contributed by atoms with E-state index in [1.54, 1.807) is 6.33 Å². The zero-order chi connectivity index (χ0) is 12.1. The summed E-state index contributed by atoms with van der Waals surface area (Å²) in [5.41, 5.74) is 3.55. The zero-order valence-electron chi connectivity index (χ0n) is 10.1. The maximum atomic E-state index is 4.17. The van der Waals surface area contributed by atoms with Crippen molar-refractivity contribution in [2.24, 2.45) is 0 Å². The zero-order valence-corrected chi connectivity index (χ0v) is 10.1. The van der Waals surface area contributed by atoms with Crippen LogP contribution in [-0.4, -0.2) is 22.0 Å². The topological polar surface area (TPSA) is 50.7 Å². The highest BCUT2D eigenvalue weighted by molar-refractivity contribution is 5.33. The Balaban J connectivity index is 2.42. The van der Waals surface area contributed by atoms with Crippen LogP contribution in [-0.2, 0) is 6.42 Å². The molecule has 1 atom stereocenters. The maximum absolute atomic E-state index is 4.17. The minimum absolute atomic E-state index is 0.120. The van der Waals surface area contributed by atoms with Crippen LogP contribution in [0, 0.1) is 0 Å². The Bertz CT molecular complexity index is 470. The van der Waals surface area contributed by atoms with Crippen molar-refractivity contribution in [2.75, 3.05) is 7.05 Å². The molecule has 2 aromatic rings. The Hall–Kier alpha value is -1.81. The molecule has 88 valence electrons. The fourth-order valence-electron chi connectivity index (χ4n) is 1.98. The molecule has 1 unspecified atom stereocenters. The predicted molar refractivity (Wildman–Crippen MR) is 66.5 cm³/mol. The van der Waals surface area contributed by atoms with Crippen molar-refractivity contribution in [3.05, 3.63) is 53.9 Å². The van der Waals surface area contributed by atoms with Gasteiger partial charge < -0.3 is 5.32 Å². The predicted octanol–water partition coefficient (Wildman–Crippen LogP) is 1.74. The largest absolute Gasteiger partial charge is 0.309 e. The van der Waals surface area contributed by atoms with Crippen LogP contribution in [0.25, 0.3) is 0 Å². The molecule has 0 saturated heterocycles. The Morgan fingerprint density at radius 1 is 1.18 bits per heavy atom. The molecule has 4 heteroatoms. The van der Waals surface area contributed by atoms with E-state index in [-0.39, 0.29) is 6.04 Å². The summed E-state index contributed by atoms with van der Waals surface area (Å²) in [7, 11) is 1.94. The van der Waals surface area contributed by atoms with Gasteiger partial charge in [-0.05, 0) is 30.7 Å². The van der Waals surface area contributed by atoms with E-state index >= 15 is 0 Å². The number of pyridine rings is 1. The summed E-state index contributed by atoms with van der Waals surface area (Å²) >= 11 is 0. The van der Waals surface area contributed by atoms with Gasteiger partial charge in [0.05, 0.1) is 6.04 Å². The second-order valence-corrected chi connectivity index (χ2v) is 3.82. The van der Waals surface area contributed by atoms with Crippen molar-refractivity contribution >= 4 is 0 Å². The van der Waals surface area contributed by atoms with E-state index in [9.17, 15) is 0 Å². The van der Waals surface area contributed by atoms with E-state index in [4.69, 9.17) is 0 Å². The highest BCUT2D eigenvalue weighted by Gasteiger charge is 2.15. The van der Waals surface area contributed by atoms with E-state index < -0.39 is 0 Å². The molecular weight excluding hydrogens is 212 g/mol. The van der Waals surface area contributed by atoms with Crippen molar-refractivity contribution in [1.29, 1.82) is 0 Å². The van der Waals surface area contributed by atoms with E-state index in [0.717, 1.165) is 12.0 Å². The van der Waals surface area contributed by atoms with Crippen LogP contribution in [0.2, 0.25) is 0 Å². The SMILES string of the molecule is CCc1cnccc1C(NC)c1cncnc1.